The average molecular weight is 587 g/mol. The van der Waals surface area contributed by atoms with Crippen molar-refractivity contribution < 1.29 is 13.6 Å². The Labute approximate surface area is 253 Å². The van der Waals surface area contributed by atoms with Gasteiger partial charge in [-0.3, -0.25) is 4.57 Å². The van der Waals surface area contributed by atoms with Crippen LogP contribution in [0.25, 0.3) is 0 Å². The molecule has 0 aliphatic heterocycles. The number of hydrogen-bond donors (Lipinski definition) is 0. The zero-order valence-corrected chi connectivity index (χ0v) is 28.9. The van der Waals surface area contributed by atoms with Gasteiger partial charge in [0.05, 0.1) is 19.4 Å². The maximum absolute atomic E-state index is 13.0. The van der Waals surface area contributed by atoms with Crippen LogP contribution in [0.1, 0.15) is 213 Å². The van der Waals surface area contributed by atoms with Crippen molar-refractivity contribution in [1.29, 1.82) is 0 Å². The lowest BCUT2D eigenvalue weighted by molar-refractivity contribution is 0.199. The van der Waals surface area contributed by atoms with Gasteiger partial charge in [-0.15, -0.1) is 0 Å². The van der Waals surface area contributed by atoms with Gasteiger partial charge in [0, 0.05) is 0 Å². The molecule has 0 aliphatic rings. The molecule has 0 aliphatic carbocycles. The van der Waals surface area contributed by atoms with Crippen LogP contribution in [0.2, 0.25) is 0 Å². The van der Waals surface area contributed by atoms with E-state index in [1.165, 1.54) is 154 Å². The fourth-order valence-corrected chi connectivity index (χ4v) is 7.24. The van der Waals surface area contributed by atoms with Gasteiger partial charge in [-0.2, -0.15) is 0 Å². The Hall–Kier alpha value is 0.150. The van der Waals surface area contributed by atoms with E-state index < -0.39 is 7.60 Å². The molecule has 0 radical (unpaired) electrons. The van der Waals surface area contributed by atoms with E-state index in [9.17, 15) is 4.57 Å². The van der Waals surface area contributed by atoms with Crippen molar-refractivity contribution in [2.45, 2.75) is 213 Å². The molecule has 3 nitrogen and oxygen atoms in total. The molecule has 0 N–H and O–H groups in total. The fourth-order valence-electron chi connectivity index (χ4n) is 5.48. The van der Waals surface area contributed by atoms with E-state index in [2.05, 4.69) is 20.8 Å². The van der Waals surface area contributed by atoms with Crippen molar-refractivity contribution in [3.05, 3.63) is 0 Å². The summed E-state index contributed by atoms with van der Waals surface area (Å²) in [6, 6.07) is 0. The predicted octanol–water partition coefficient (Wildman–Crippen LogP) is 14.0. The summed E-state index contributed by atoms with van der Waals surface area (Å²) < 4.78 is 24.4. The van der Waals surface area contributed by atoms with Crippen LogP contribution in [-0.4, -0.2) is 19.4 Å². The second-order valence-electron chi connectivity index (χ2n) is 12.5. The SMILES string of the molecule is CCCCCCCCCCCCCCCCCCCCCCCCCCCCP(=O)(OCCCC)OCCCC. The largest absolute Gasteiger partial charge is 0.330 e. The summed E-state index contributed by atoms with van der Waals surface area (Å²) in [4.78, 5) is 0. The predicted molar refractivity (Wildman–Crippen MR) is 180 cm³/mol. The lowest BCUT2D eigenvalue weighted by atomic mass is 10.0. The average Bonchev–Trinajstić information content (AvgIpc) is 2.95. The lowest BCUT2D eigenvalue weighted by Crippen LogP contribution is -2.03. The van der Waals surface area contributed by atoms with Crippen LogP contribution in [0, 0.1) is 0 Å². The summed E-state index contributed by atoms with van der Waals surface area (Å²) in [6.45, 7) is 7.70. The first-order valence-electron chi connectivity index (χ1n) is 18.6. The Bertz CT molecular complexity index is 496. The van der Waals surface area contributed by atoms with Crippen molar-refractivity contribution in [3.8, 4) is 0 Å². The first-order valence-corrected chi connectivity index (χ1v) is 20.3. The molecule has 242 valence electrons. The Kier molecular flexibility index (Phi) is 33.8. The Morgan fingerprint density at radius 1 is 0.325 bits per heavy atom. The summed E-state index contributed by atoms with van der Waals surface area (Å²) in [5.41, 5.74) is 0. The minimum atomic E-state index is -2.88. The summed E-state index contributed by atoms with van der Waals surface area (Å²) >= 11 is 0. The highest BCUT2D eigenvalue weighted by Crippen LogP contribution is 2.49. The minimum Gasteiger partial charge on any atom is -0.309 e. The van der Waals surface area contributed by atoms with Crippen LogP contribution in [0.5, 0.6) is 0 Å². The van der Waals surface area contributed by atoms with E-state index in [1.807, 2.05) is 0 Å². The third-order valence-electron chi connectivity index (χ3n) is 8.36. The molecule has 0 saturated carbocycles. The summed E-state index contributed by atoms with van der Waals surface area (Å²) in [5, 5.41) is 0. The third-order valence-corrected chi connectivity index (χ3v) is 10.4. The molecule has 4 heteroatoms. The summed E-state index contributed by atoms with van der Waals surface area (Å²) in [6.07, 6.45) is 41.1. The molecular weight excluding hydrogens is 511 g/mol. The van der Waals surface area contributed by atoms with Crippen LogP contribution in [0.3, 0.4) is 0 Å². The second-order valence-corrected chi connectivity index (χ2v) is 14.7. The normalized spacial score (nSPS) is 12.0. The van der Waals surface area contributed by atoms with Gasteiger partial charge < -0.3 is 9.05 Å². The summed E-state index contributed by atoms with van der Waals surface area (Å²) in [5.74, 6) is 0. The number of hydrogen-bond acceptors (Lipinski definition) is 3. The first kappa shape index (κ1) is 40.1. The maximum Gasteiger partial charge on any atom is 0.330 e. The summed E-state index contributed by atoms with van der Waals surface area (Å²) in [7, 11) is -2.88. The van der Waals surface area contributed by atoms with Crippen LogP contribution in [0.4, 0.5) is 0 Å². The zero-order chi connectivity index (χ0) is 29.2. The van der Waals surface area contributed by atoms with E-state index in [1.54, 1.807) is 0 Å². The highest BCUT2D eigenvalue weighted by molar-refractivity contribution is 7.53. The minimum absolute atomic E-state index is 0.569. The molecule has 0 rings (SSSR count). The van der Waals surface area contributed by atoms with E-state index in [4.69, 9.17) is 9.05 Å². The molecule has 0 aromatic rings. The molecule has 0 aromatic carbocycles. The van der Waals surface area contributed by atoms with E-state index >= 15 is 0 Å². The van der Waals surface area contributed by atoms with Gasteiger partial charge in [-0.25, -0.2) is 0 Å². The Balaban J connectivity index is 3.33. The van der Waals surface area contributed by atoms with E-state index in [-0.39, 0.29) is 0 Å². The van der Waals surface area contributed by atoms with Crippen LogP contribution < -0.4 is 0 Å². The molecule has 0 amide bonds. The molecule has 40 heavy (non-hydrogen) atoms. The van der Waals surface area contributed by atoms with Crippen LogP contribution >= 0.6 is 7.60 Å². The fraction of sp³-hybridized carbons (Fsp3) is 1.00. The topological polar surface area (TPSA) is 35.5 Å². The van der Waals surface area contributed by atoms with Gasteiger partial charge in [-0.1, -0.05) is 194 Å². The number of unbranched alkanes of at least 4 members (excludes halogenated alkanes) is 27. The molecule has 0 aromatic heterocycles. The van der Waals surface area contributed by atoms with Gasteiger partial charge in [0.2, 0.25) is 0 Å². The van der Waals surface area contributed by atoms with Gasteiger partial charge in [0.1, 0.15) is 0 Å². The van der Waals surface area contributed by atoms with E-state index in [0.717, 1.165) is 38.5 Å². The van der Waals surface area contributed by atoms with Gasteiger partial charge in [-0.05, 0) is 19.3 Å². The van der Waals surface area contributed by atoms with Gasteiger partial charge in [0.25, 0.3) is 0 Å². The lowest BCUT2D eigenvalue weighted by Gasteiger charge is -2.18. The molecule has 0 unspecified atom stereocenters. The quantitative estimate of drug-likeness (QED) is 0.0547. The van der Waals surface area contributed by atoms with Crippen LogP contribution in [0.15, 0.2) is 0 Å². The van der Waals surface area contributed by atoms with Crippen molar-refractivity contribution in [2.24, 2.45) is 0 Å². The Morgan fingerprint density at radius 3 is 0.800 bits per heavy atom. The highest BCUT2D eigenvalue weighted by Gasteiger charge is 2.23. The van der Waals surface area contributed by atoms with Gasteiger partial charge >= 0.3 is 7.60 Å². The van der Waals surface area contributed by atoms with Gasteiger partial charge in [0.15, 0.2) is 0 Å². The smallest absolute Gasteiger partial charge is 0.309 e. The molecule has 0 spiro atoms. The molecule has 0 bridgehead atoms. The molecular formula is C36H75O3P. The van der Waals surface area contributed by atoms with Crippen molar-refractivity contribution >= 4 is 7.60 Å². The molecule has 0 fully saturated rings. The van der Waals surface area contributed by atoms with Crippen molar-refractivity contribution in [2.75, 3.05) is 19.4 Å². The van der Waals surface area contributed by atoms with Crippen LogP contribution in [-0.2, 0) is 13.6 Å². The second kappa shape index (κ2) is 33.6. The van der Waals surface area contributed by atoms with E-state index in [0.29, 0.717) is 19.4 Å². The first-order chi connectivity index (χ1) is 19.7. The zero-order valence-electron chi connectivity index (χ0n) is 28.0. The maximum atomic E-state index is 13.0. The third kappa shape index (κ3) is 31.1. The standard InChI is InChI=1S/C36H75O3P/c1-4-7-10-11-12-13-14-15-16-17-18-19-20-21-22-23-24-25-26-27-28-29-30-31-32-33-36-40(37,38-34-8-5-2)39-35-9-6-3/h4-36H2,1-3H3. The van der Waals surface area contributed by atoms with Crippen molar-refractivity contribution in [1.82, 2.24) is 0 Å². The molecule has 0 atom stereocenters. The molecule has 0 heterocycles. The molecule has 0 saturated heterocycles. The Morgan fingerprint density at radius 2 is 0.550 bits per heavy atom. The number of rotatable bonds is 35. The highest BCUT2D eigenvalue weighted by atomic mass is 31.2. The van der Waals surface area contributed by atoms with Crippen molar-refractivity contribution in [3.63, 3.8) is 0 Å². The monoisotopic (exact) mass is 587 g/mol.